The van der Waals surface area contributed by atoms with Gasteiger partial charge in [-0.05, 0) is 12.3 Å². The maximum atomic E-state index is 10.1. The van der Waals surface area contributed by atoms with Gasteiger partial charge in [0, 0.05) is 6.42 Å². The normalized spacial score (nSPS) is 10.2. The van der Waals surface area contributed by atoms with Crippen LogP contribution in [0, 0.1) is 13.3 Å². The van der Waals surface area contributed by atoms with E-state index >= 15 is 0 Å². The molecule has 0 bridgehead atoms. The SMILES string of the molecule is CC(C)CCCCCCCCCCC=O.[CH3]. The molecule has 0 rings (SSSR count). The third-order valence-electron chi connectivity index (χ3n) is 2.85. The fourth-order valence-electron chi connectivity index (χ4n) is 1.84. The van der Waals surface area contributed by atoms with Crippen LogP contribution in [-0.2, 0) is 4.79 Å². The molecule has 0 atom stereocenters. The number of hydrogen-bond acceptors (Lipinski definition) is 1. The van der Waals surface area contributed by atoms with Crippen molar-refractivity contribution < 1.29 is 4.79 Å². The number of hydrogen-bond donors (Lipinski definition) is 0. The average molecular weight is 227 g/mol. The Balaban J connectivity index is 0. The second-order valence-electron chi connectivity index (χ2n) is 4.97. The third-order valence-corrected chi connectivity index (χ3v) is 2.85. The van der Waals surface area contributed by atoms with Gasteiger partial charge in [-0.2, -0.15) is 0 Å². The Labute approximate surface area is 103 Å². The summed E-state index contributed by atoms with van der Waals surface area (Å²) in [5.41, 5.74) is 0. The predicted octanol–water partition coefficient (Wildman–Crippen LogP) is 5.19. The number of carbonyl (C=O) groups excluding carboxylic acids is 1. The van der Waals surface area contributed by atoms with Crippen molar-refractivity contribution in [2.75, 3.05) is 0 Å². The fraction of sp³-hybridized carbons (Fsp3) is 0.867. The molecule has 0 fully saturated rings. The van der Waals surface area contributed by atoms with Crippen LogP contribution in [0.5, 0.6) is 0 Å². The van der Waals surface area contributed by atoms with E-state index in [1.165, 1.54) is 51.4 Å². The van der Waals surface area contributed by atoms with Crippen LogP contribution in [0.1, 0.15) is 78.1 Å². The molecule has 16 heavy (non-hydrogen) atoms. The highest BCUT2D eigenvalue weighted by Gasteiger charge is 1.94. The van der Waals surface area contributed by atoms with E-state index in [0.29, 0.717) is 0 Å². The van der Waals surface area contributed by atoms with Crippen LogP contribution < -0.4 is 0 Å². The minimum atomic E-state index is 0. The molecular weight excluding hydrogens is 196 g/mol. The Morgan fingerprint density at radius 1 is 0.812 bits per heavy atom. The van der Waals surface area contributed by atoms with Crippen LogP contribution >= 0.6 is 0 Å². The first-order chi connectivity index (χ1) is 7.27. The van der Waals surface area contributed by atoms with Crippen molar-refractivity contribution in [3.05, 3.63) is 7.43 Å². The third kappa shape index (κ3) is 16.1. The molecule has 1 heteroatoms. The van der Waals surface area contributed by atoms with Crippen LogP contribution in [0.15, 0.2) is 0 Å². The van der Waals surface area contributed by atoms with Crippen molar-refractivity contribution in [3.8, 4) is 0 Å². The van der Waals surface area contributed by atoms with E-state index in [4.69, 9.17) is 0 Å². The van der Waals surface area contributed by atoms with Gasteiger partial charge in [0.15, 0.2) is 0 Å². The molecule has 0 aliphatic rings. The minimum Gasteiger partial charge on any atom is -0.303 e. The first-order valence-corrected chi connectivity index (χ1v) is 6.71. The molecular formula is C15H31O. The lowest BCUT2D eigenvalue weighted by atomic mass is 10.0. The number of carbonyl (C=O) groups is 1. The summed E-state index contributed by atoms with van der Waals surface area (Å²) in [6, 6.07) is 0. The van der Waals surface area contributed by atoms with Gasteiger partial charge in [-0.3, -0.25) is 0 Å². The zero-order valence-electron chi connectivity index (χ0n) is 11.6. The highest BCUT2D eigenvalue weighted by molar-refractivity contribution is 5.48. The van der Waals surface area contributed by atoms with Crippen LogP contribution in [-0.4, -0.2) is 6.29 Å². The van der Waals surface area contributed by atoms with Gasteiger partial charge >= 0.3 is 0 Å². The quantitative estimate of drug-likeness (QED) is 0.350. The van der Waals surface area contributed by atoms with Crippen molar-refractivity contribution in [2.45, 2.75) is 78.1 Å². The summed E-state index contributed by atoms with van der Waals surface area (Å²) >= 11 is 0. The molecule has 0 unspecified atom stereocenters. The molecule has 0 aliphatic heterocycles. The number of rotatable bonds is 11. The summed E-state index contributed by atoms with van der Waals surface area (Å²) in [6.45, 7) is 4.60. The monoisotopic (exact) mass is 227 g/mol. The molecule has 97 valence electrons. The Morgan fingerprint density at radius 3 is 1.69 bits per heavy atom. The number of aldehydes is 1. The molecule has 0 aromatic carbocycles. The second kappa shape index (κ2) is 14.7. The molecule has 0 aromatic heterocycles. The first kappa shape index (κ1) is 18.0. The van der Waals surface area contributed by atoms with E-state index < -0.39 is 0 Å². The molecule has 1 radical (unpaired) electrons. The second-order valence-corrected chi connectivity index (χ2v) is 4.97. The van der Waals surface area contributed by atoms with Crippen molar-refractivity contribution in [3.63, 3.8) is 0 Å². The van der Waals surface area contributed by atoms with E-state index in [-0.39, 0.29) is 7.43 Å². The van der Waals surface area contributed by atoms with E-state index in [1.807, 2.05) is 0 Å². The molecule has 0 spiro atoms. The summed E-state index contributed by atoms with van der Waals surface area (Å²) < 4.78 is 0. The van der Waals surface area contributed by atoms with E-state index in [1.54, 1.807) is 0 Å². The fourth-order valence-corrected chi connectivity index (χ4v) is 1.84. The van der Waals surface area contributed by atoms with Crippen molar-refractivity contribution in [1.29, 1.82) is 0 Å². The lowest BCUT2D eigenvalue weighted by Gasteiger charge is -2.04. The lowest BCUT2D eigenvalue weighted by Crippen LogP contribution is -1.87. The summed E-state index contributed by atoms with van der Waals surface area (Å²) in [6.07, 6.45) is 13.8. The van der Waals surface area contributed by atoms with Gasteiger partial charge in [0.25, 0.3) is 0 Å². The molecule has 0 amide bonds. The smallest absolute Gasteiger partial charge is 0.119 e. The summed E-state index contributed by atoms with van der Waals surface area (Å²) in [4.78, 5) is 10.1. The van der Waals surface area contributed by atoms with Crippen LogP contribution in [0.2, 0.25) is 0 Å². The van der Waals surface area contributed by atoms with Gasteiger partial charge in [-0.15, -0.1) is 0 Å². The first-order valence-electron chi connectivity index (χ1n) is 6.71. The molecule has 0 saturated heterocycles. The van der Waals surface area contributed by atoms with Gasteiger partial charge < -0.3 is 4.79 Å². The Hall–Kier alpha value is -0.330. The van der Waals surface area contributed by atoms with E-state index in [2.05, 4.69) is 13.8 Å². The lowest BCUT2D eigenvalue weighted by molar-refractivity contribution is -0.107. The van der Waals surface area contributed by atoms with Crippen LogP contribution in [0.3, 0.4) is 0 Å². The molecule has 1 nitrogen and oxygen atoms in total. The Bertz CT molecular complexity index is 129. The van der Waals surface area contributed by atoms with Crippen molar-refractivity contribution >= 4 is 6.29 Å². The molecule has 0 heterocycles. The highest BCUT2D eigenvalue weighted by atomic mass is 16.1. The summed E-state index contributed by atoms with van der Waals surface area (Å²) in [5, 5.41) is 0. The largest absolute Gasteiger partial charge is 0.303 e. The van der Waals surface area contributed by atoms with Gasteiger partial charge in [0.1, 0.15) is 6.29 Å². The van der Waals surface area contributed by atoms with E-state index in [0.717, 1.165) is 25.0 Å². The number of unbranched alkanes of at least 4 members (excludes halogenated alkanes) is 8. The topological polar surface area (TPSA) is 17.1 Å². The maximum Gasteiger partial charge on any atom is 0.119 e. The summed E-state index contributed by atoms with van der Waals surface area (Å²) in [5.74, 6) is 0.869. The van der Waals surface area contributed by atoms with Crippen LogP contribution in [0.25, 0.3) is 0 Å². The van der Waals surface area contributed by atoms with Gasteiger partial charge in [-0.1, -0.05) is 72.6 Å². The molecule has 0 N–H and O–H groups in total. The Morgan fingerprint density at radius 2 is 1.25 bits per heavy atom. The van der Waals surface area contributed by atoms with E-state index in [9.17, 15) is 4.79 Å². The minimum absolute atomic E-state index is 0. The molecule has 0 saturated carbocycles. The maximum absolute atomic E-state index is 10.1. The van der Waals surface area contributed by atoms with Crippen molar-refractivity contribution in [1.82, 2.24) is 0 Å². The zero-order valence-corrected chi connectivity index (χ0v) is 11.6. The molecule has 0 aliphatic carbocycles. The van der Waals surface area contributed by atoms with Gasteiger partial charge in [0.2, 0.25) is 0 Å². The highest BCUT2D eigenvalue weighted by Crippen LogP contribution is 2.12. The predicted molar refractivity (Wildman–Crippen MR) is 73.5 cm³/mol. The standard InChI is InChI=1S/C14H28O.CH3/c1-14(2)12-10-8-6-4-3-5-7-9-11-13-15;/h13-14H,3-12H2,1-2H3;1H3. The summed E-state index contributed by atoms with van der Waals surface area (Å²) in [7, 11) is 0. The average Bonchev–Trinajstić information content (AvgIpc) is 2.20. The van der Waals surface area contributed by atoms with Crippen molar-refractivity contribution in [2.24, 2.45) is 5.92 Å². The van der Waals surface area contributed by atoms with Gasteiger partial charge in [-0.25, -0.2) is 0 Å². The van der Waals surface area contributed by atoms with Gasteiger partial charge in [0.05, 0.1) is 0 Å². The molecule has 0 aromatic rings. The van der Waals surface area contributed by atoms with Crippen LogP contribution in [0.4, 0.5) is 0 Å². The Kier molecular flexibility index (Phi) is 16.5. The zero-order chi connectivity index (χ0) is 11.4.